The molecule has 6 rings (SSSR count). The highest BCUT2D eigenvalue weighted by molar-refractivity contribution is 7.75. The maximum Gasteiger partial charge on any atom is 0.178 e. The van der Waals surface area contributed by atoms with Gasteiger partial charge in [0.25, 0.3) is 0 Å². The molecule has 192 valence electrons. The van der Waals surface area contributed by atoms with Crippen molar-refractivity contribution in [2.24, 2.45) is 0 Å². The quantitative estimate of drug-likeness (QED) is 0.227. The third kappa shape index (κ3) is 5.48. The Balaban J connectivity index is 1.72. The Morgan fingerprint density at radius 1 is 0.350 bits per heavy atom. The van der Waals surface area contributed by atoms with Crippen LogP contribution in [-0.4, -0.2) is 10.6 Å². The summed E-state index contributed by atoms with van der Waals surface area (Å²) in [6.45, 7) is 4.43. The van der Waals surface area contributed by atoms with E-state index in [-0.39, 0.29) is 0 Å². The molecule has 0 amide bonds. The van der Waals surface area contributed by atoms with Gasteiger partial charge in [-0.05, 0) is 97.8 Å². The highest BCUT2D eigenvalue weighted by atomic mass is 31.1. The molecule has 40 heavy (non-hydrogen) atoms. The molecule has 0 bridgehead atoms. The summed E-state index contributed by atoms with van der Waals surface area (Å²) < 4.78 is 0. The predicted octanol–water partition coefficient (Wildman–Crippen LogP) is 7.93. The lowest BCUT2D eigenvalue weighted by Gasteiger charge is -2.16. The zero-order chi connectivity index (χ0) is 27.3. The number of hydrogen-bond acceptors (Lipinski definition) is 0. The van der Waals surface area contributed by atoms with Crippen LogP contribution >= 0.6 is 15.1 Å². The second-order valence-electron chi connectivity index (χ2n) is 10.1. The summed E-state index contributed by atoms with van der Waals surface area (Å²) in [5.41, 5.74) is 5.25. The molecule has 0 nitrogen and oxygen atoms in total. The van der Waals surface area contributed by atoms with Gasteiger partial charge in [0.1, 0.15) is 0 Å². The zero-order valence-corrected chi connectivity index (χ0v) is 24.7. The van der Waals surface area contributed by atoms with E-state index in [1.807, 2.05) is 0 Å². The van der Waals surface area contributed by atoms with Gasteiger partial charge < -0.3 is 0 Å². The van der Waals surface area contributed by atoms with Crippen LogP contribution in [0.15, 0.2) is 180 Å². The van der Waals surface area contributed by atoms with Crippen molar-refractivity contribution in [1.82, 2.24) is 0 Å². The summed E-state index contributed by atoms with van der Waals surface area (Å²) in [7, 11) is -1.49. The predicted molar refractivity (Wildman–Crippen MR) is 181 cm³/mol. The lowest BCUT2D eigenvalue weighted by Crippen LogP contribution is -2.19. The van der Waals surface area contributed by atoms with Gasteiger partial charge in [-0.2, -0.15) is 0 Å². The monoisotopic (exact) mass is 550 g/mol. The van der Waals surface area contributed by atoms with Crippen LogP contribution < -0.4 is 21.2 Å². The average molecular weight is 551 g/mol. The minimum atomic E-state index is -0.747. The third-order valence-corrected chi connectivity index (χ3v) is 12.1. The van der Waals surface area contributed by atoms with Gasteiger partial charge in [0.15, 0.2) is 46.9 Å². The van der Waals surface area contributed by atoms with Gasteiger partial charge >= 0.3 is 0 Å². The van der Waals surface area contributed by atoms with Gasteiger partial charge in [0.05, 0.1) is 0 Å². The topological polar surface area (TPSA) is 0 Å². The van der Waals surface area contributed by atoms with E-state index in [4.69, 9.17) is 0 Å². The lowest BCUT2D eigenvalue weighted by atomic mass is 9.92. The first-order valence-corrected chi connectivity index (χ1v) is 16.4. The van der Waals surface area contributed by atoms with E-state index < -0.39 is 15.1 Å². The van der Waals surface area contributed by atoms with E-state index in [9.17, 15) is 0 Å². The standard InChI is InChI=1S/C38H32P2/c1-29-23-25-35(37(27-29)39(31-15-7-3-8-16-31)32-17-9-4-10-18-32)36-26-24-30(2)28-38(36)40(33-19-11-5-12-20-33)34-21-13-6-14-22-34/h3-28H,1-2H3/q+2/b36-35-. The summed E-state index contributed by atoms with van der Waals surface area (Å²) >= 11 is 0. The fraction of sp³-hybridized carbons (Fsp3) is 0.0526. The van der Waals surface area contributed by atoms with Gasteiger partial charge in [-0.3, -0.25) is 0 Å². The van der Waals surface area contributed by atoms with Gasteiger partial charge in [-0.25, -0.2) is 0 Å². The first-order valence-electron chi connectivity index (χ1n) is 13.7. The molecule has 0 fully saturated rings. The largest absolute Gasteiger partial charge is 0.178 e. The molecule has 2 aliphatic rings. The summed E-state index contributed by atoms with van der Waals surface area (Å²) in [6, 6.07) is 44.2. The Hall–Kier alpha value is -4.08. The smallest absolute Gasteiger partial charge is 0.0619 e. The minimum absolute atomic E-state index is 0.747. The molecule has 4 aromatic rings. The zero-order valence-electron chi connectivity index (χ0n) is 22.9. The molecular formula is C38H32P2+2. The van der Waals surface area contributed by atoms with E-state index in [1.54, 1.807) is 0 Å². The van der Waals surface area contributed by atoms with Crippen molar-refractivity contribution in [2.45, 2.75) is 13.8 Å². The van der Waals surface area contributed by atoms with Crippen molar-refractivity contribution in [1.29, 1.82) is 0 Å². The van der Waals surface area contributed by atoms with Crippen LogP contribution in [0.5, 0.6) is 0 Å². The van der Waals surface area contributed by atoms with Crippen molar-refractivity contribution < 1.29 is 0 Å². The van der Waals surface area contributed by atoms with E-state index in [0.29, 0.717) is 0 Å². The highest BCUT2D eigenvalue weighted by Crippen LogP contribution is 2.37. The Morgan fingerprint density at radius 3 is 0.900 bits per heavy atom. The van der Waals surface area contributed by atoms with E-state index >= 15 is 0 Å². The number of allylic oxidation sites excluding steroid dienone is 10. The van der Waals surface area contributed by atoms with Crippen LogP contribution in [-0.2, 0) is 0 Å². The molecule has 0 aromatic heterocycles. The molecule has 0 spiro atoms. The van der Waals surface area contributed by atoms with Crippen LogP contribution in [0.3, 0.4) is 0 Å². The molecule has 0 unspecified atom stereocenters. The Bertz CT molecular complexity index is 1530. The van der Waals surface area contributed by atoms with E-state index in [1.165, 1.54) is 54.1 Å². The molecule has 0 saturated heterocycles. The fourth-order valence-corrected chi connectivity index (χ4v) is 10.4. The van der Waals surface area contributed by atoms with Crippen LogP contribution in [0.2, 0.25) is 0 Å². The lowest BCUT2D eigenvalue weighted by molar-refractivity contribution is 1.47. The molecular weight excluding hydrogens is 518 g/mol. The molecule has 0 atom stereocenters. The van der Waals surface area contributed by atoms with Crippen LogP contribution in [0.1, 0.15) is 13.8 Å². The first-order chi connectivity index (χ1) is 19.7. The normalized spacial score (nSPS) is 16.4. The highest BCUT2D eigenvalue weighted by Gasteiger charge is 2.33. The summed E-state index contributed by atoms with van der Waals surface area (Å²) in [5, 5.41) is 8.31. The maximum absolute atomic E-state index is 2.43. The van der Waals surface area contributed by atoms with Crippen molar-refractivity contribution in [2.75, 3.05) is 0 Å². The molecule has 4 aromatic carbocycles. The SMILES string of the molecule is CC1=CC(=[P+](c2ccccc2)c2ccccc2)/C(=C2/C=CC(C)=CC2=[P+](c2ccccc2)c2ccccc2)C=C1. The maximum atomic E-state index is 2.43. The van der Waals surface area contributed by atoms with Crippen molar-refractivity contribution in [3.05, 3.63) is 180 Å². The number of hydrogen-bond donors (Lipinski definition) is 0. The van der Waals surface area contributed by atoms with Crippen LogP contribution in [0.25, 0.3) is 0 Å². The molecule has 2 aliphatic carbocycles. The van der Waals surface area contributed by atoms with Crippen LogP contribution in [0, 0.1) is 0 Å². The first kappa shape index (κ1) is 26.2. The molecule has 0 radical (unpaired) electrons. The molecule has 0 heterocycles. The molecule has 0 N–H and O–H groups in total. The van der Waals surface area contributed by atoms with Crippen molar-refractivity contribution >= 4 is 46.9 Å². The van der Waals surface area contributed by atoms with Gasteiger partial charge in [-0.1, -0.05) is 84.9 Å². The average Bonchev–Trinajstić information content (AvgIpc) is 3.00. The second-order valence-corrected chi connectivity index (χ2v) is 14.4. The van der Waals surface area contributed by atoms with Crippen LogP contribution in [0.4, 0.5) is 0 Å². The summed E-state index contributed by atoms with van der Waals surface area (Å²) in [6.07, 6.45) is 14.1. The fourth-order valence-electron chi connectivity index (χ4n) is 5.27. The third-order valence-electron chi connectivity index (χ3n) is 7.14. The molecule has 2 heteroatoms. The van der Waals surface area contributed by atoms with Crippen molar-refractivity contribution in [3.63, 3.8) is 0 Å². The van der Waals surface area contributed by atoms with Crippen molar-refractivity contribution in [3.8, 4) is 0 Å². The Kier molecular flexibility index (Phi) is 7.83. The molecule has 0 saturated carbocycles. The van der Waals surface area contributed by atoms with E-state index in [0.717, 1.165) is 0 Å². The minimum Gasteiger partial charge on any atom is -0.0619 e. The van der Waals surface area contributed by atoms with Gasteiger partial charge in [-0.15, -0.1) is 0 Å². The van der Waals surface area contributed by atoms with Gasteiger partial charge in [0.2, 0.25) is 0 Å². The number of benzene rings is 4. The van der Waals surface area contributed by atoms with E-state index in [2.05, 4.69) is 172 Å². The second kappa shape index (κ2) is 12.0. The van der Waals surface area contributed by atoms with Gasteiger partial charge in [0, 0.05) is 11.1 Å². The number of rotatable bonds is 4. The molecule has 0 aliphatic heterocycles. The summed E-state index contributed by atoms with van der Waals surface area (Å²) in [5.74, 6) is 0. The Morgan fingerprint density at radius 2 is 0.625 bits per heavy atom. The Labute approximate surface area is 240 Å². The summed E-state index contributed by atoms with van der Waals surface area (Å²) in [4.78, 5) is 0.